The number of carbonyl (C=O) groups excluding carboxylic acids is 3. The van der Waals surface area contributed by atoms with Crippen LogP contribution in [0.25, 0.3) is 0 Å². The summed E-state index contributed by atoms with van der Waals surface area (Å²) in [5.41, 5.74) is 2.02. The van der Waals surface area contributed by atoms with Crippen LogP contribution in [0.1, 0.15) is 56.9 Å². The van der Waals surface area contributed by atoms with E-state index >= 15 is 0 Å². The molecule has 1 saturated heterocycles. The summed E-state index contributed by atoms with van der Waals surface area (Å²) >= 11 is 0. The topological polar surface area (TPSA) is 66.9 Å². The number of likely N-dealkylation sites (tertiary alicyclic amines) is 1. The first-order chi connectivity index (χ1) is 14.4. The van der Waals surface area contributed by atoms with E-state index in [0.29, 0.717) is 39.8 Å². The van der Waals surface area contributed by atoms with Crippen LogP contribution in [0.4, 0.5) is 0 Å². The van der Waals surface area contributed by atoms with Gasteiger partial charge < -0.3 is 9.64 Å². The predicted molar refractivity (Wildman–Crippen MR) is 112 cm³/mol. The van der Waals surface area contributed by atoms with Crippen LogP contribution < -0.4 is 4.74 Å². The lowest BCUT2D eigenvalue weighted by Gasteiger charge is -2.35. The van der Waals surface area contributed by atoms with Gasteiger partial charge >= 0.3 is 0 Å². The van der Waals surface area contributed by atoms with Gasteiger partial charge in [-0.3, -0.25) is 19.3 Å². The number of hydrogen-bond acceptors (Lipinski definition) is 4. The number of nitrogens with zero attached hydrogens (tertiary/aromatic N) is 2. The monoisotopic (exact) mass is 406 g/mol. The number of imide groups is 1. The van der Waals surface area contributed by atoms with Gasteiger partial charge in [0, 0.05) is 13.1 Å². The molecule has 0 aliphatic carbocycles. The van der Waals surface area contributed by atoms with Crippen molar-refractivity contribution in [2.45, 2.75) is 26.8 Å². The molecular weight excluding hydrogens is 380 g/mol. The van der Waals surface area contributed by atoms with Crippen molar-refractivity contribution in [2.75, 3.05) is 20.2 Å². The van der Waals surface area contributed by atoms with Gasteiger partial charge in [0.25, 0.3) is 17.7 Å². The van der Waals surface area contributed by atoms with Crippen LogP contribution in [0.5, 0.6) is 5.75 Å². The number of benzene rings is 2. The molecular formula is C24H26N2O4. The lowest BCUT2D eigenvalue weighted by molar-refractivity contribution is 0.0619. The standard InChI is InChI=1S/C24H26N2O4/c1-15-10-16(2)13-25(12-15)22(27)20-11-17(8-9-21(20)30-3)14-26-23(28)18-6-4-5-7-19(18)24(26)29/h4-9,11,15-16H,10,12-14H2,1-3H3. The zero-order chi connectivity index (χ0) is 21.4. The second kappa shape index (κ2) is 7.94. The molecule has 0 spiro atoms. The summed E-state index contributed by atoms with van der Waals surface area (Å²) in [6, 6.07) is 12.1. The molecule has 156 valence electrons. The van der Waals surface area contributed by atoms with Crippen LogP contribution in [-0.2, 0) is 6.54 Å². The highest BCUT2D eigenvalue weighted by Crippen LogP contribution is 2.29. The van der Waals surface area contributed by atoms with Crippen LogP contribution in [0.2, 0.25) is 0 Å². The van der Waals surface area contributed by atoms with Gasteiger partial charge in [-0.1, -0.05) is 32.0 Å². The second-order valence-corrected chi connectivity index (χ2v) is 8.43. The first-order valence-corrected chi connectivity index (χ1v) is 10.3. The number of hydrogen-bond donors (Lipinski definition) is 0. The van der Waals surface area contributed by atoms with Crippen LogP contribution in [0.15, 0.2) is 42.5 Å². The van der Waals surface area contributed by atoms with E-state index in [1.165, 1.54) is 12.0 Å². The fraction of sp³-hybridized carbons (Fsp3) is 0.375. The summed E-state index contributed by atoms with van der Waals surface area (Å²) in [4.78, 5) is 41.7. The molecule has 2 aromatic carbocycles. The Balaban J connectivity index is 1.60. The lowest BCUT2D eigenvalue weighted by atomic mass is 9.91. The van der Waals surface area contributed by atoms with Crippen LogP contribution in [0.3, 0.4) is 0 Å². The maximum absolute atomic E-state index is 13.3. The number of rotatable bonds is 4. The maximum Gasteiger partial charge on any atom is 0.261 e. The first-order valence-electron chi connectivity index (χ1n) is 10.3. The highest BCUT2D eigenvalue weighted by molar-refractivity contribution is 6.21. The fourth-order valence-electron chi connectivity index (χ4n) is 4.59. The number of ether oxygens (including phenoxy) is 1. The smallest absolute Gasteiger partial charge is 0.261 e. The van der Waals surface area contributed by atoms with Crippen molar-refractivity contribution < 1.29 is 19.1 Å². The Kier molecular flexibility index (Phi) is 5.33. The Morgan fingerprint density at radius 2 is 1.60 bits per heavy atom. The Morgan fingerprint density at radius 3 is 2.17 bits per heavy atom. The first kappa shape index (κ1) is 20.1. The number of methoxy groups -OCH3 is 1. The molecule has 0 saturated carbocycles. The molecule has 0 N–H and O–H groups in total. The molecule has 2 atom stereocenters. The molecule has 0 bridgehead atoms. The second-order valence-electron chi connectivity index (χ2n) is 8.43. The van der Waals surface area contributed by atoms with Crippen molar-refractivity contribution in [3.63, 3.8) is 0 Å². The Labute approximate surface area is 176 Å². The largest absolute Gasteiger partial charge is 0.496 e. The molecule has 2 unspecified atom stereocenters. The molecule has 6 nitrogen and oxygen atoms in total. The summed E-state index contributed by atoms with van der Waals surface area (Å²) < 4.78 is 5.43. The van der Waals surface area contributed by atoms with E-state index in [-0.39, 0.29) is 24.3 Å². The van der Waals surface area contributed by atoms with Gasteiger partial charge in [-0.2, -0.15) is 0 Å². The Morgan fingerprint density at radius 1 is 1.00 bits per heavy atom. The van der Waals surface area contributed by atoms with Gasteiger partial charge in [0.1, 0.15) is 5.75 Å². The van der Waals surface area contributed by atoms with Crippen molar-refractivity contribution in [3.8, 4) is 5.75 Å². The molecule has 0 aromatic heterocycles. The van der Waals surface area contributed by atoms with Crippen molar-refractivity contribution >= 4 is 17.7 Å². The van der Waals surface area contributed by atoms with Gasteiger partial charge in [0.15, 0.2) is 0 Å². The van der Waals surface area contributed by atoms with Crippen LogP contribution >= 0.6 is 0 Å². The molecule has 2 heterocycles. The molecule has 2 aromatic rings. The third-order valence-electron chi connectivity index (χ3n) is 5.87. The van der Waals surface area contributed by atoms with E-state index < -0.39 is 0 Å². The number of amides is 3. The molecule has 3 amide bonds. The summed E-state index contributed by atoms with van der Waals surface area (Å²) in [5.74, 6) is 0.706. The van der Waals surface area contributed by atoms with Gasteiger partial charge in [-0.25, -0.2) is 0 Å². The molecule has 1 fully saturated rings. The normalized spacial score (nSPS) is 21.0. The molecule has 2 aliphatic heterocycles. The summed E-state index contributed by atoms with van der Waals surface area (Å²) in [6.07, 6.45) is 1.11. The van der Waals surface area contributed by atoms with Gasteiger partial charge in [0.05, 0.1) is 30.3 Å². The molecule has 6 heteroatoms. The van der Waals surface area contributed by atoms with Crippen molar-refractivity contribution in [3.05, 3.63) is 64.7 Å². The van der Waals surface area contributed by atoms with E-state index in [0.717, 1.165) is 19.5 Å². The van der Waals surface area contributed by atoms with Crippen molar-refractivity contribution in [2.24, 2.45) is 11.8 Å². The highest BCUT2D eigenvalue weighted by atomic mass is 16.5. The third kappa shape index (κ3) is 3.58. The van der Waals surface area contributed by atoms with Crippen LogP contribution in [0, 0.1) is 11.8 Å². The zero-order valence-corrected chi connectivity index (χ0v) is 17.6. The SMILES string of the molecule is COc1ccc(CN2C(=O)c3ccccc3C2=O)cc1C(=O)N1CC(C)CC(C)C1. The van der Waals surface area contributed by atoms with E-state index in [4.69, 9.17) is 4.74 Å². The molecule has 2 aliphatic rings. The number of carbonyl (C=O) groups is 3. The summed E-state index contributed by atoms with van der Waals surface area (Å²) in [5, 5.41) is 0. The fourth-order valence-corrected chi connectivity index (χ4v) is 4.59. The zero-order valence-electron chi connectivity index (χ0n) is 17.6. The van der Waals surface area contributed by atoms with Gasteiger partial charge in [-0.05, 0) is 48.1 Å². The highest BCUT2D eigenvalue weighted by Gasteiger charge is 2.35. The maximum atomic E-state index is 13.3. The number of fused-ring (bicyclic) bond motifs is 1. The van der Waals surface area contributed by atoms with Gasteiger partial charge in [0.2, 0.25) is 0 Å². The minimum absolute atomic E-state index is 0.0746. The molecule has 0 radical (unpaired) electrons. The lowest BCUT2D eigenvalue weighted by Crippen LogP contribution is -2.42. The van der Waals surface area contributed by atoms with Crippen molar-refractivity contribution in [1.29, 1.82) is 0 Å². The Hall–Kier alpha value is -3.15. The van der Waals surface area contributed by atoms with Crippen LogP contribution in [-0.4, -0.2) is 47.7 Å². The third-order valence-corrected chi connectivity index (χ3v) is 5.87. The number of piperidine rings is 1. The predicted octanol–water partition coefficient (Wildman–Crippen LogP) is 3.61. The average Bonchev–Trinajstić information content (AvgIpc) is 2.97. The van der Waals surface area contributed by atoms with Gasteiger partial charge in [-0.15, -0.1) is 0 Å². The quantitative estimate of drug-likeness (QED) is 0.728. The minimum Gasteiger partial charge on any atom is -0.496 e. The summed E-state index contributed by atoms with van der Waals surface area (Å²) in [7, 11) is 1.54. The molecule has 4 rings (SSSR count). The van der Waals surface area contributed by atoms with E-state index in [2.05, 4.69) is 13.8 Å². The van der Waals surface area contributed by atoms with Crippen molar-refractivity contribution in [1.82, 2.24) is 9.80 Å². The van der Waals surface area contributed by atoms with E-state index in [1.807, 2.05) is 4.90 Å². The Bertz CT molecular complexity index is 971. The minimum atomic E-state index is -0.307. The molecule has 30 heavy (non-hydrogen) atoms. The summed E-state index contributed by atoms with van der Waals surface area (Å²) in [6.45, 7) is 5.87. The van der Waals surface area contributed by atoms with E-state index in [9.17, 15) is 14.4 Å². The average molecular weight is 406 g/mol. The van der Waals surface area contributed by atoms with E-state index in [1.54, 1.807) is 42.5 Å².